The van der Waals surface area contributed by atoms with Gasteiger partial charge in [-0.15, -0.1) is 0 Å². The Kier molecular flexibility index (Phi) is 4.57. The van der Waals surface area contributed by atoms with E-state index in [1.165, 1.54) is 5.56 Å². The van der Waals surface area contributed by atoms with Crippen molar-refractivity contribution in [2.45, 2.75) is 43.6 Å². The largest absolute Gasteiger partial charge is 0.496 e. The summed E-state index contributed by atoms with van der Waals surface area (Å²) in [6, 6.07) is 10.9. The summed E-state index contributed by atoms with van der Waals surface area (Å²) in [5.74, 6) is 3.14. The van der Waals surface area contributed by atoms with Gasteiger partial charge in [0.1, 0.15) is 17.9 Å². The van der Waals surface area contributed by atoms with Gasteiger partial charge in [-0.05, 0) is 43.2 Å². The zero-order valence-corrected chi connectivity index (χ0v) is 14.8. The molecule has 0 unspecified atom stereocenters. The van der Waals surface area contributed by atoms with Gasteiger partial charge in [0.15, 0.2) is 0 Å². The fraction of sp³-hybridized carbons (Fsp3) is 0.500. The van der Waals surface area contributed by atoms with Crippen LogP contribution < -0.4 is 15.4 Å². The molecule has 2 N–H and O–H groups in total. The average molecular weight is 338 g/mol. The molecule has 5 nitrogen and oxygen atoms in total. The standard InChI is InChI=1S/C20H26N4O/c1-25-19-5-3-2-4-17(19)14-6-8-24(9-7-14)20-12-18(22-13-23-20)15-10-16(21)11-15/h2-5,12-16H,6-11,21H2,1H3. The molecule has 2 aromatic rings. The molecule has 1 saturated heterocycles. The van der Waals surface area contributed by atoms with Gasteiger partial charge in [0.05, 0.1) is 7.11 Å². The molecule has 132 valence electrons. The highest BCUT2D eigenvalue weighted by atomic mass is 16.5. The van der Waals surface area contributed by atoms with E-state index in [1.807, 2.05) is 6.07 Å². The van der Waals surface area contributed by atoms with Gasteiger partial charge in [-0.25, -0.2) is 9.97 Å². The zero-order valence-electron chi connectivity index (χ0n) is 14.8. The lowest BCUT2D eigenvalue weighted by Gasteiger charge is -2.35. The predicted octanol–water partition coefficient (Wildman–Crippen LogP) is 3.07. The Bertz CT molecular complexity index is 721. The van der Waals surface area contributed by atoms with E-state index in [-0.39, 0.29) is 0 Å². The number of hydrogen-bond acceptors (Lipinski definition) is 5. The molecule has 1 saturated carbocycles. The van der Waals surface area contributed by atoms with Crippen molar-refractivity contribution in [1.29, 1.82) is 0 Å². The van der Waals surface area contributed by atoms with Crippen molar-refractivity contribution in [3.8, 4) is 5.75 Å². The summed E-state index contributed by atoms with van der Waals surface area (Å²) in [6.07, 6.45) is 6.04. The summed E-state index contributed by atoms with van der Waals surface area (Å²) in [7, 11) is 1.75. The lowest BCUT2D eigenvalue weighted by Crippen LogP contribution is -2.36. The van der Waals surface area contributed by atoms with Crippen molar-refractivity contribution < 1.29 is 4.74 Å². The van der Waals surface area contributed by atoms with Gasteiger partial charge in [0.25, 0.3) is 0 Å². The summed E-state index contributed by atoms with van der Waals surface area (Å²) in [4.78, 5) is 11.4. The molecule has 1 aromatic carbocycles. The first-order valence-electron chi connectivity index (χ1n) is 9.20. The molecule has 1 aliphatic carbocycles. The molecule has 0 radical (unpaired) electrons. The molecule has 4 rings (SSSR count). The Hall–Kier alpha value is -2.14. The van der Waals surface area contributed by atoms with Crippen LogP contribution in [0.5, 0.6) is 5.75 Å². The van der Waals surface area contributed by atoms with Crippen molar-refractivity contribution in [3.05, 3.63) is 47.9 Å². The maximum absolute atomic E-state index is 5.92. The number of rotatable bonds is 4. The minimum absolute atomic E-state index is 0.347. The predicted molar refractivity (Wildman–Crippen MR) is 99.2 cm³/mol. The molecule has 2 fully saturated rings. The molecule has 1 aliphatic heterocycles. The molecule has 0 bridgehead atoms. The first kappa shape index (κ1) is 16.3. The summed E-state index contributed by atoms with van der Waals surface area (Å²) in [6.45, 7) is 2.03. The summed E-state index contributed by atoms with van der Waals surface area (Å²) < 4.78 is 5.54. The van der Waals surface area contributed by atoms with E-state index in [9.17, 15) is 0 Å². The SMILES string of the molecule is COc1ccccc1C1CCN(c2cc(C3CC(N)C3)ncn2)CC1. The van der Waals surface area contributed by atoms with Gasteiger partial charge in [-0.3, -0.25) is 0 Å². The van der Waals surface area contributed by atoms with Crippen LogP contribution in [0.4, 0.5) is 5.82 Å². The van der Waals surface area contributed by atoms with E-state index in [4.69, 9.17) is 10.5 Å². The van der Waals surface area contributed by atoms with Crippen LogP contribution in [-0.4, -0.2) is 36.2 Å². The number of nitrogens with two attached hydrogens (primary N) is 1. The monoisotopic (exact) mass is 338 g/mol. The molecule has 1 aromatic heterocycles. The van der Waals surface area contributed by atoms with Crippen LogP contribution in [0.2, 0.25) is 0 Å². The summed E-state index contributed by atoms with van der Waals surface area (Å²) in [5, 5.41) is 0. The van der Waals surface area contributed by atoms with Gasteiger partial charge in [0.2, 0.25) is 0 Å². The smallest absolute Gasteiger partial charge is 0.132 e. The van der Waals surface area contributed by atoms with Crippen molar-refractivity contribution >= 4 is 5.82 Å². The quantitative estimate of drug-likeness (QED) is 0.928. The van der Waals surface area contributed by atoms with Gasteiger partial charge < -0.3 is 15.4 Å². The number of ether oxygens (including phenoxy) is 1. The molecule has 25 heavy (non-hydrogen) atoms. The minimum Gasteiger partial charge on any atom is -0.496 e. The number of anilines is 1. The van der Waals surface area contributed by atoms with E-state index >= 15 is 0 Å². The lowest BCUT2D eigenvalue weighted by molar-refractivity contribution is 0.345. The lowest BCUT2D eigenvalue weighted by atomic mass is 9.78. The Morgan fingerprint density at radius 1 is 1.08 bits per heavy atom. The molecule has 0 atom stereocenters. The third-order valence-corrected chi connectivity index (χ3v) is 5.66. The van der Waals surface area contributed by atoms with Gasteiger partial charge >= 0.3 is 0 Å². The Morgan fingerprint density at radius 3 is 2.56 bits per heavy atom. The van der Waals surface area contributed by atoms with Crippen LogP contribution >= 0.6 is 0 Å². The molecular weight excluding hydrogens is 312 g/mol. The molecule has 2 aliphatic rings. The first-order chi connectivity index (χ1) is 12.2. The van der Waals surface area contributed by atoms with Crippen LogP contribution in [0.1, 0.15) is 48.8 Å². The van der Waals surface area contributed by atoms with Crippen molar-refractivity contribution in [1.82, 2.24) is 9.97 Å². The van der Waals surface area contributed by atoms with Crippen molar-refractivity contribution in [2.75, 3.05) is 25.1 Å². The van der Waals surface area contributed by atoms with Crippen LogP contribution in [0, 0.1) is 0 Å². The summed E-state index contributed by atoms with van der Waals surface area (Å²) >= 11 is 0. The molecular formula is C20H26N4O. The highest BCUT2D eigenvalue weighted by molar-refractivity contribution is 5.42. The topological polar surface area (TPSA) is 64.3 Å². The van der Waals surface area contributed by atoms with Crippen molar-refractivity contribution in [3.63, 3.8) is 0 Å². The third-order valence-electron chi connectivity index (χ3n) is 5.66. The second-order valence-corrected chi connectivity index (χ2v) is 7.23. The Balaban J connectivity index is 1.43. The van der Waals surface area contributed by atoms with Crippen LogP contribution in [0.3, 0.4) is 0 Å². The Morgan fingerprint density at radius 2 is 1.84 bits per heavy atom. The van der Waals surface area contributed by atoms with Crippen LogP contribution in [0.15, 0.2) is 36.7 Å². The number of para-hydroxylation sites is 1. The second kappa shape index (κ2) is 7.00. The molecule has 0 amide bonds. The minimum atomic E-state index is 0.347. The maximum atomic E-state index is 5.92. The molecule has 5 heteroatoms. The van der Waals surface area contributed by atoms with E-state index in [0.717, 1.165) is 56.0 Å². The van der Waals surface area contributed by atoms with E-state index < -0.39 is 0 Å². The van der Waals surface area contributed by atoms with Gasteiger partial charge in [-0.2, -0.15) is 0 Å². The van der Waals surface area contributed by atoms with Crippen LogP contribution in [-0.2, 0) is 0 Å². The number of benzene rings is 1. The Labute approximate surface area is 149 Å². The maximum Gasteiger partial charge on any atom is 0.132 e. The fourth-order valence-electron chi connectivity index (χ4n) is 4.08. The second-order valence-electron chi connectivity index (χ2n) is 7.23. The number of nitrogens with zero attached hydrogens (tertiary/aromatic N) is 3. The van der Waals surface area contributed by atoms with Crippen LogP contribution in [0.25, 0.3) is 0 Å². The average Bonchev–Trinajstić information content (AvgIpc) is 2.66. The molecule has 2 heterocycles. The highest BCUT2D eigenvalue weighted by Gasteiger charge is 2.29. The number of piperidine rings is 1. The zero-order chi connectivity index (χ0) is 17.2. The van der Waals surface area contributed by atoms with E-state index in [0.29, 0.717) is 17.9 Å². The third kappa shape index (κ3) is 3.33. The van der Waals surface area contributed by atoms with Gasteiger partial charge in [0, 0.05) is 36.8 Å². The van der Waals surface area contributed by atoms with E-state index in [1.54, 1.807) is 13.4 Å². The summed E-state index contributed by atoms with van der Waals surface area (Å²) in [5.41, 5.74) is 8.40. The van der Waals surface area contributed by atoms with E-state index in [2.05, 4.69) is 39.1 Å². The highest BCUT2D eigenvalue weighted by Crippen LogP contribution is 2.37. The number of hydrogen-bond donors (Lipinski definition) is 1. The van der Waals surface area contributed by atoms with Crippen molar-refractivity contribution in [2.24, 2.45) is 5.73 Å². The first-order valence-corrected chi connectivity index (χ1v) is 9.20. The molecule has 0 spiro atoms. The van der Waals surface area contributed by atoms with Gasteiger partial charge in [-0.1, -0.05) is 18.2 Å². The number of methoxy groups -OCH3 is 1. The number of aromatic nitrogens is 2. The normalized spacial score (nSPS) is 24.0. The fourth-order valence-corrected chi connectivity index (χ4v) is 4.08.